The van der Waals surface area contributed by atoms with Crippen molar-refractivity contribution in [2.45, 2.75) is 13.5 Å². The molecule has 0 unspecified atom stereocenters. The molecule has 0 spiro atoms. The molecule has 0 saturated carbocycles. The summed E-state index contributed by atoms with van der Waals surface area (Å²) in [5, 5.41) is 3.93. The van der Waals surface area contributed by atoms with Crippen LogP contribution in [0, 0.1) is 6.92 Å². The standard InChI is InChI=1S/C21H20ClN3O/c1-15-12-18(22)8-9-19(15)24-20-13-17(10-11-23-20)21(26)25(2)14-16-6-4-3-5-7-16/h3-13H,14H2,1-2H3,(H,23,24). The molecule has 0 aliphatic rings. The van der Waals surface area contributed by atoms with Gasteiger partial charge in [0.15, 0.2) is 0 Å². The zero-order chi connectivity index (χ0) is 18.5. The predicted octanol–water partition coefficient (Wildman–Crippen LogP) is 5.06. The number of carbonyl (C=O) groups is 1. The lowest BCUT2D eigenvalue weighted by Gasteiger charge is -2.18. The fourth-order valence-corrected chi connectivity index (χ4v) is 2.91. The van der Waals surface area contributed by atoms with E-state index < -0.39 is 0 Å². The lowest BCUT2D eigenvalue weighted by Crippen LogP contribution is -2.26. The summed E-state index contributed by atoms with van der Waals surface area (Å²) in [6.07, 6.45) is 1.64. The first-order valence-electron chi connectivity index (χ1n) is 8.31. The van der Waals surface area contributed by atoms with Crippen LogP contribution in [0.25, 0.3) is 0 Å². The average Bonchev–Trinajstić information content (AvgIpc) is 2.64. The van der Waals surface area contributed by atoms with Crippen molar-refractivity contribution in [3.05, 3.63) is 88.6 Å². The summed E-state index contributed by atoms with van der Waals surface area (Å²) in [5.74, 6) is 0.571. The number of aryl methyl sites for hydroxylation is 1. The van der Waals surface area contributed by atoms with Crippen LogP contribution in [-0.4, -0.2) is 22.8 Å². The molecule has 0 aliphatic heterocycles. The Kier molecular flexibility index (Phi) is 5.54. The Balaban J connectivity index is 1.74. The smallest absolute Gasteiger partial charge is 0.254 e. The van der Waals surface area contributed by atoms with Gasteiger partial charge in [-0.3, -0.25) is 4.79 Å². The van der Waals surface area contributed by atoms with Crippen LogP contribution < -0.4 is 5.32 Å². The monoisotopic (exact) mass is 365 g/mol. The van der Waals surface area contributed by atoms with Gasteiger partial charge in [-0.15, -0.1) is 0 Å². The highest BCUT2D eigenvalue weighted by Gasteiger charge is 2.13. The topological polar surface area (TPSA) is 45.2 Å². The van der Waals surface area contributed by atoms with E-state index >= 15 is 0 Å². The maximum Gasteiger partial charge on any atom is 0.254 e. The van der Waals surface area contributed by atoms with Crippen molar-refractivity contribution in [2.24, 2.45) is 0 Å². The van der Waals surface area contributed by atoms with Gasteiger partial charge in [0.05, 0.1) is 0 Å². The summed E-state index contributed by atoms with van der Waals surface area (Å²) in [6.45, 7) is 2.53. The van der Waals surface area contributed by atoms with Gasteiger partial charge in [-0.2, -0.15) is 0 Å². The highest BCUT2D eigenvalue weighted by atomic mass is 35.5. The van der Waals surface area contributed by atoms with E-state index in [2.05, 4.69) is 10.3 Å². The number of pyridine rings is 1. The fraction of sp³-hybridized carbons (Fsp3) is 0.143. The first-order valence-corrected chi connectivity index (χ1v) is 8.69. The van der Waals surface area contributed by atoms with E-state index in [9.17, 15) is 4.79 Å². The van der Waals surface area contributed by atoms with Gasteiger partial charge in [-0.25, -0.2) is 4.98 Å². The number of hydrogen-bond acceptors (Lipinski definition) is 3. The van der Waals surface area contributed by atoms with E-state index in [1.807, 2.05) is 55.5 Å². The maximum atomic E-state index is 12.7. The molecule has 3 rings (SSSR count). The van der Waals surface area contributed by atoms with Gasteiger partial charge in [0.2, 0.25) is 0 Å². The molecule has 1 aromatic heterocycles. The van der Waals surface area contributed by atoms with E-state index in [0.29, 0.717) is 22.9 Å². The van der Waals surface area contributed by atoms with Crippen molar-refractivity contribution in [1.82, 2.24) is 9.88 Å². The second-order valence-corrected chi connectivity index (χ2v) is 6.60. The Hall–Kier alpha value is -2.85. The first kappa shape index (κ1) is 18.0. The predicted molar refractivity (Wildman–Crippen MR) is 106 cm³/mol. The van der Waals surface area contributed by atoms with Crippen molar-refractivity contribution >= 4 is 29.0 Å². The van der Waals surface area contributed by atoms with Gasteiger partial charge in [0, 0.05) is 36.1 Å². The third-order valence-electron chi connectivity index (χ3n) is 4.07. The molecule has 3 aromatic rings. The molecule has 2 aromatic carbocycles. The SMILES string of the molecule is Cc1cc(Cl)ccc1Nc1cc(C(=O)N(C)Cc2ccccc2)ccn1. The number of nitrogens with one attached hydrogen (secondary N) is 1. The van der Waals surface area contributed by atoms with Crippen LogP contribution in [0.4, 0.5) is 11.5 Å². The Bertz CT molecular complexity index is 912. The van der Waals surface area contributed by atoms with Gasteiger partial charge >= 0.3 is 0 Å². The van der Waals surface area contributed by atoms with Gasteiger partial charge < -0.3 is 10.2 Å². The number of amides is 1. The Morgan fingerprint density at radius 2 is 1.88 bits per heavy atom. The Morgan fingerprint density at radius 3 is 2.62 bits per heavy atom. The Labute approximate surface area is 158 Å². The summed E-state index contributed by atoms with van der Waals surface area (Å²) in [5.41, 5.74) is 3.60. The number of carbonyl (C=O) groups excluding carboxylic acids is 1. The summed E-state index contributed by atoms with van der Waals surface area (Å²) < 4.78 is 0. The second-order valence-electron chi connectivity index (χ2n) is 6.16. The van der Waals surface area contributed by atoms with Crippen LogP contribution >= 0.6 is 11.6 Å². The molecule has 1 heterocycles. The summed E-state index contributed by atoms with van der Waals surface area (Å²) >= 11 is 5.99. The third-order valence-corrected chi connectivity index (χ3v) is 4.30. The fourth-order valence-electron chi connectivity index (χ4n) is 2.69. The van der Waals surface area contributed by atoms with E-state index in [-0.39, 0.29) is 5.91 Å². The average molecular weight is 366 g/mol. The molecule has 4 nitrogen and oxygen atoms in total. The largest absolute Gasteiger partial charge is 0.340 e. The molecule has 26 heavy (non-hydrogen) atoms. The number of halogens is 1. The number of anilines is 2. The molecule has 5 heteroatoms. The van der Waals surface area contributed by atoms with Crippen LogP contribution in [0.1, 0.15) is 21.5 Å². The molecular weight excluding hydrogens is 346 g/mol. The minimum absolute atomic E-state index is 0.0490. The summed E-state index contributed by atoms with van der Waals surface area (Å²) in [7, 11) is 1.80. The molecular formula is C21H20ClN3O. The van der Waals surface area contributed by atoms with Crippen molar-refractivity contribution in [3.8, 4) is 0 Å². The van der Waals surface area contributed by atoms with Crippen LogP contribution in [0.5, 0.6) is 0 Å². The number of rotatable bonds is 5. The van der Waals surface area contributed by atoms with Crippen LogP contribution in [-0.2, 0) is 6.54 Å². The van der Waals surface area contributed by atoms with Gasteiger partial charge in [0.1, 0.15) is 5.82 Å². The first-order chi connectivity index (χ1) is 12.5. The lowest BCUT2D eigenvalue weighted by molar-refractivity contribution is 0.0785. The minimum atomic E-state index is -0.0490. The molecule has 0 bridgehead atoms. The van der Waals surface area contributed by atoms with Gasteiger partial charge in [0.25, 0.3) is 5.91 Å². The normalized spacial score (nSPS) is 10.4. The molecule has 0 atom stereocenters. The lowest BCUT2D eigenvalue weighted by atomic mass is 10.1. The number of aromatic nitrogens is 1. The van der Waals surface area contributed by atoms with Crippen LogP contribution in [0.2, 0.25) is 5.02 Å². The van der Waals surface area contributed by atoms with Crippen LogP contribution in [0.3, 0.4) is 0 Å². The number of benzene rings is 2. The summed E-state index contributed by atoms with van der Waals surface area (Å²) in [6, 6.07) is 19.0. The molecule has 1 N–H and O–H groups in total. The van der Waals surface area contributed by atoms with Gasteiger partial charge in [-0.1, -0.05) is 41.9 Å². The quantitative estimate of drug-likeness (QED) is 0.687. The number of hydrogen-bond donors (Lipinski definition) is 1. The molecule has 0 saturated heterocycles. The van der Waals surface area contributed by atoms with Crippen molar-refractivity contribution in [2.75, 3.05) is 12.4 Å². The molecule has 132 valence electrons. The molecule has 0 radical (unpaired) electrons. The molecule has 0 aliphatic carbocycles. The summed E-state index contributed by atoms with van der Waals surface area (Å²) in [4.78, 5) is 18.7. The van der Waals surface area contributed by atoms with E-state index in [1.54, 1.807) is 30.3 Å². The van der Waals surface area contributed by atoms with Crippen LogP contribution in [0.15, 0.2) is 66.9 Å². The highest BCUT2D eigenvalue weighted by Crippen LogP contribution is 2.23. The Morgan fingerprint density at radius 1 is 1.12 bits per heavy atom. The van der Waals surface area contributed by atoms with Crippen molar-refractivity contribution < 1.29 is 4.79 Å². The zero-order valence-electron chi connectivity index (χ0n) is 14.7. The van der Waals surface area contributed by atoms with Crippen molar-refractivity contribution in [1.29, 1.82) is 0 Å². The minimum Gasteiger partial charge on any atom is -0.340 e. The maximum absolute atomic E-state index is 12.7. The zero-order valence-corrected chi connectivity index (χ0v) is 15.5. The van der Waals surface area contributed by atoms with Crippen molar-refractivity contribution in [3.63, 3.8) is 0 Å². The number of nitrogens with zero attached hydrogens (tertiary/aromatic N) is 2. The van der Waals surface area contributed by atoms with Gasteiger partial charge in [-0.05, 0) is 48.4 Å². The molecule has 1 amide bonds. The van der Waals surface area contributed by atoms with E-state index in [4.69, 9.17) is 11.6 Å². The highest BCUT2D eigenvalue weighted by molar-refractivity contribution is 6.30. The van der Waals surface area contributed by atoms with E-state index in [0.717, 1.165) is 16.8 Å². The second kappa shape index (κ2) is 8.02. The third kappa shape index (κ3) is 4.41. The van der Waals surface area contributed by atoms with E-state index in [1.165, 1.54) is 0 Å². The molecule has 0 fully saturated rings.